The predicted molar refractivity (Wildman–Crippen MR) is 90.6 cm³/mol. The van der Waals surface area contributed by atoms with E-state index in [9.17, 15) is 9.59 Å². The smallest absolute Gasteiger partial charge is 0.339 e. The molecule has 120 valence electrons. The average Bonchev–Trinajstić information content (AvgIpc) is 2.49. The Balaban J connectivity index is 2.03. The molecular formula is C19H21NO3. The lowest BCUT2D eigenvalue weighted by Gasteiger charge is -2.15. The van der Waals surface area contributed by atoms with Crippen LogP contribution in [0, 0.1) is 20.8 Å². The molecule has 0 unspecified atom stereocenters. The molecule has 0 aliphatic carbocycles. The van der Waals surface area contributed by atoms with Crippen molar-refractivity contribution in [2.45, 2.75) is 33.8 Å². The van der Waals surface area contributed by atoms with E-state index in [4.69, 9.17) is 4.74 Å². The van der Waals surface area contributed by atoms with Gasteiger partial charge in [-0.1, -0.05) is 24.3 Å². The average molecular weight is 311 g/mol. The van der Waals surface area contributed by atoms with Crippen LogP contribution >= 0.6 is 0 Å². The summed E-state index contributed by atoms with van der Waals surface area (Å²) in [6.07, 6.45) is -0.872. The molecule has 0 aliphatic rings. The number of aryl methyl sites for hydroxylation is 2. The molecule has 2 rings (SSSR count). The zero-order valence-corrected chi connectivity index (χ0v) is 13.8. The van der Waals surface area contributed by atoms with Crippen LogP contribution < -0.4 is 5.32 Å². The summed E-state index contributed by atoms with van der Waals surface area (Å²) in [6.45, 7) is 7.30. The van der Waals surface area contributed by atoms with E-state index < -0.39 is 12.1 Å². The SMILES string of the molecule is Cc1cccc(NC(=O)[C@@H](C)OC(=O)c2cccc(C)c2C)c1. The van der Waals surface area contributed by atoms with Crippen LogP contribution in [0.25, 0.3) is 0 Å². The van der Waals surface area contributed by atoms with Crippen molar-refractivity contribution >= 4 is 17.6 Å². The minimum Gasteiger partial charge on any atom is -0.449 e. The number of nitrogens with one attached hydrogen (secondary N) is 1. The highest BCUT2D eigenvalue weighted by molar-refractivity contribution is 5.97. The van der Waals surface area contributed by atoms with Gasteiger partial charge in [-0.2, -0.15) is 0 Å². The minimum absolute atomic E-state index is 0.353. The summed E-state index contributed by atoms with van der Waals surface area (Å²) in [5.74, 6) is -0.840. The Kier molecular flexibility index (Phi) is 5.16. The number of carbonyl (C=O) groups is 2. The molecular weight excluding hydrogens is 290 g/mol. The number of amides is 1. The summed E-state index contributed by atoms with van der Waals surface area (Å²) in [5, 5.41) is 2.75. The van der Waals surface area contributed by atoms with Gasteiger partial charge in [0.05, 0.1) is 5.56 Å². The quantitative estimate of drug-likeness (QED) is 0.874. The Hall–Kier alpha value is -2.62. The van der Waals surface area contributed by atoms with E-state index in [-0.39, 0.29) is 5.91 Å². The van der Waals surface area contributed by atoms with Crippen LogP contribution in [-0.4, -0.2) is 18.0 Å². The fourth-order valence-corrected chi connectivity index (χ4v) is 2.22. The van der Waals surface area contributed by atoms with Gasteiger partial charge in [-0.25, -0.2) is 4.79 Å². The van der Waals surface area contributed by atoms with Crippen molar-refractivity contribution in [1.29, 1.82) is 0 Å². The highest BCUT2D eigenvalue weighted by Crippen LogP contribution is 2.15. The standard InChI is InChI=1S/C19H21NO3/c1-12-7-5-9-16(11-12)20-18(21)15(4)23-19(22)17-10-6-8-13(2)14(17)3/h5-11,15H,1-4H3,(H,20,21)/t15-/m1/s1. The molecule has 4 nitrogen and oxygen atoms in total. The molecule has 0 fully saturated rings. The third kappa shape index (κ3) is 4.19. The van der Waals surface area contributed by atoms with Crippen LogP contribution in [0.15, 0.2) is 42.5 Å². The van der Waals surface area contributed by atoms with E-state index in [1.165, 1.54) is 0 Å². The molecule has 1 atom stereocenters. The van der Waals surface area contributed by atoms with Crippen molar-refractivity contribution in [3.05, 3.63) is 64.7 Å². The van der Waals surface area contributed by atoms with E-state index in [2.05, 4.69) is 5.32 Å². The van der Waals surface area contributed by atoms with Crippen LogP contribution in [0.2, 0.25) is 0 Å². The highest BCUT2D eigenvalue weighted by Gasteiger charge is 2.20. The molecule has 0 spiro atoms. The van der Waals surface area contributed by atoms with E-state index >= 15 is 0 Å². The summed E-state index contributed by atoms with van der Waals surface area (Å²) in [7, 11) is 0. The number of benzene rings is 2. The second kappa shape index (κ2) is 7.09. The predicted octanol–water partition coefficient (Wildman–Crippen LogP) is 3.80. The first-order valence-corrected chi connectivity index (χ1v) is 7.53. The number of ether oxygens (including phenoxy) is 1. The molecule has 1 N–H and O–H groups in total. The third-order valence-corrected chi connectivity index (χ3v) is 3.76. The van der Waals surface area contributed by atoms with Gasteiger partial charge in [-0.15, -0.1) is 0 Å². The normalized spacial score (nSPS) is 11.7. The van der Waals surface area contributed by atoms with E-state index in [1.54, 1.807) is 25.1 Å². The summed E-state index contributed by atoms with van der Waals surface area (Å²) >= 11 is 0. The molecule has 0 radical (unpaired) electrons. The molecule has 0 saturated carbocycles. The summed E-state index contributed by atoms with van der Waals surface area (Å²) < 4.78 is 5.29. The molecule has 0 bridgehead atoms. The Labute approximate surface area is 136 Å². The first-order valence-electron chi connectivity index (χ1n) is 7.53. The Bertz CT molecular complexity index is 737. The van der Waals surface area contributed by atoms with Crippen molar-refractivity contribution in [2.24, 2.45) is 0 Å². The van der Waals surface area contributed by atoms with Gasteiger partial charge >= 0.3 is 5.97 Å². The molecule has 0 aliphatic heterocycles. The molecule has 0 saturated heterocycles. The monoisotopic (exact) mass is 311 g/mol. The van der Waals surface area contributed by atoms with E-state index in [0.29, 0.717) is 11.3 Å². The van der Waals surface area contributed by atoms with Gasteiger partial charge in [0, 0.05) is 5.69 Å². The lowest BCUT2D eigenvalue weighted by Crippen LogP contribution is -2.30. The summed E-state index contributed by atoms with van der Waals surface area (Å²) in [5.41, 5.74) is 4.09. The summed E-state index contributed by atoms with van der Waals surface area (Å²) in [4.78, 5) is 24.4. The maximum atomic E-state index is 12.2. The van der Waals surface area contributed by atoms with Gasteiger partial charge in [-0.05, 0) is 62.6 Å². The van der Waals surface area contributed by atoms with Gasteiger partial charge in [0.2, 0.25) is 0 Å². The van der Waals surface area contributed by atoms with Gasteiger partial charge in [0.1, 0.15) is 0 Å². The number of carbonyl (C=O) groups excluding carboxylic acids is 2. The molecule has 0 aromatic heterocycles. The van der Waals surface area contributed by atoms with Crippen LogP contribution in [0.4, 0.5) is 5.69 Å². The van der Waals surface area contributed by atoms with Crippen molar-refractivity contribution < 1.29 is 14.3 Å². The fraction of sp³-hybridized carbons (Fsp3) is 0.263. The highest BCUT2D eigenvalue weighted by atomic mass is 16.5. The van der Waals surface area contributed by atoms with Crippen molar-refractivity contribution in [1.82, 2.24) is 0 Å². The first-order chi connectivity index (χ1) is 10.9. The number of anilines is 1. The largest absolute Gasteiger partial charge is 0.449 e. The van der Waals surface area contributed by atoms with Crippen molar-refractivity contribution in [3.8, 4) is 0 Å². The molecule has 1 amide bonds. The first kappa shape index (κ1) is 16.7. The Morgan fingerprint density at radius 1 is 1.04 bits per heavy atom. The van der Waals surface area contributed by atoms with Gasteiger partial charge in [0.25, 0.3) is 5.91 Å². The lowest BCUT2D eigenvalue weighted by molar-refractivity contribution is -0.123. The number of esters is 1. The van der Waals surface area contributed by atoms with Crippen LogP contribution in [0.3, 0.4) is 0 Å². The minimum atomic E-state index is -0.872. The molecule has 0 heterocycles. The van der Waals surface area contributed by atoms with E-state index in [0.717, 1.165) is 16.7 Å². The number of hydrogen-bond donors (Lipinski definition) is 1. The van der Waals surface area contributed by atoms with Gasteiger partial charge in [-0.3, -0.25) is 4.79 Å². The Morgan fingerprint density at radius 3 is 2.43 bits per heavy atom. The van der Waals surface area contributed by atoms with Crippen LogP contribution in [-0.2, 0) is 9.53 Å². The van der Waals surface area contributed by atoms with Crippen LogP contribution in [0.5, 0.6) is 0 Å². The maximum absolute atomic E-state index is 12.2. The second-order valence-electron chi connectivity index (χ2n) is 5.65. The molecule has 2 aromatic carbocycles. The Morgan fingerprint density at radius 2 is 1.74 bits per heavy atom. The number of rotatable bonds is 4. The van der Waals surface area contributed by atoms with Crippen molar-refractivity contribution in [2.75, 3.05) is 5.32 Å². The topological polar surface area (TPSA) is 55.4 Å². The van der Waals surface area contributed by atoms with Crippen LogP contribution in [0.1, 0.15) is 34.0 Å². The zero-order valence-electron chi connectivity index (χ0n) is 13.8. The number of hydrogen-bond acceptors (Lipinski definition) is 3. The molecule has 23 heavy (non-hydrogen) atoms. The summed E-state index contributed by atoms with van der Waals surface area (Å²) in [6, 6.07) is 12.9. The lowest BCUT2D eigenvalue weighted by atomic mass is 10.0. The molecule has 2 aromatic rings. The second-order valence-corrected chi connectivity index (χ2v) is 5.65. The maximum Gasteiger partial charge on any atom is 0.339 e. The third-order valence-electron chi connectivity index (χ3n) is 3.76. The van der Waals surface area contributed by atoms with E-state index in [1.807, 2.05) is 45.0 Å². The van der Waals surface area contributed by atoms with Gasteiger partial charge in [0.15, 0.2) is 6.10 Å². The molecule has 4 heteroatoms. The van der Waals surface area contributed by atoms with Gasteiger partial charge < -0.3 is 10.1 Å². The fourth-order valence-electron chi connectivity index (χ4n) is 2.22. The zero-order chi connectivity index (χ0) is 17.0. The van der Waals surface area contributed by atoms with Crippen molar-refractivity contribution in [3.63, 3.8) is 0 Å².